The van der Waals surface area contributed by atoms with Crippen molar-refractivity contribution < 1.29 is 30.3 Å². The summed E-state index contributed by atoms with van der Waals surface area (Å²) in [6.45, 7) is -0.621. The van der Waals surface area contributed by atoms with E-state index in [0.29, 0.717) is 0 Å². The van der Waals surface area contributed by atoms with E-state index in [4.69, 9.17) is 26.2 Å². The highest BCUT2D eigenvalue weighted by Gasteiger charge is 2.50. The molecule has 0 saturated carbocycles. The molecule has 1 rings (SSSR count). The molecule has 0 amide bonds. The number of aliphatic hydroxyl groups excluding tert-OH is 4. The van der Waals surface area contributed by atoms with Crippen LogP contribution in [0.2, 0.25) is 0 Å². The standard InChI is InChI=1S/C6H13NO6/c7-6(12)5(11)4(10)3(9)2(1-8)13-6/h2-5,8-12H,1,7H2/t2-,3-,4+,5+,6+/m1/s1. The maximum absolute atomic E-state index is 9.18. The second-order valence-electron chi connectivity index (χ2n) is 3.02. The lowest BCUT2D eigenvalue weighted by atomic mass is 9.97. The van der Waals surface area contributed by atoms with Gasteiger partial charge in [0, 0.05) is 0 Å². The van der Waals surface area contributed by atoms with E-state index in [2.05, 4.69) is 4.74 Å². The first-order valence-electron chi connectivity index (χ1n) is 3.74. The molecule has 7 nitrogen and oxygen atoms in total. The van der Waals surface area contributed by atoms with E-state index in [0.717, 1.165) is 0 Å². The molecule has 7 N–H and O–H groups in total. The van der Waals surface area contributed by atoms with Crippen LogP contribution in [-0.4, -0.2) is 62.5 Å². The van der Waals surface area contributed by atoms with E-state index in [1.807, 2.05) is 0 Å². The van der Waals surface area contributed by atoms with Gasteiger partial charge in [-0.15, -0.1) is 0 Å². The zero-order valence-corrected chi connectivity index (χ0v) is 6.74. The Labute approximate surface area is 74.0 Å². The molecule has 78 valence electrons. The highest BCUT2D eigenvalue weighted by Crippen LogP contribution is 2.23. The fourth-order valence-corrected chi connectivity index (χ4v) is 1.18. The Bertz CT molecular complexity index is 184. The van der Waals surface area contributed by atoms with Crippen molar-refractivity contribution in [1.82, 2.24) is 0 Å². The molecule has 5 atom stereocenters. The van der Waals surface area contributed by atoms with E-state index in [9.17, 15) is 5.11 Å². The first kappa shape index (κ1) is 10.8. The monoisotopic (exact) mass is 195 g/mol. The van der Waals surface area contributed by atoms with Crippen LogP contribution in [0.3, 0.4) is 0 Å². The molecule has 1 fully saturated rings. The van der Waals surface area contributed by atoms with Crippen molar-refractivity contribution in [1.29, 1.82) is 0 Å². The van der Waals surface area contributed by atoms with Crippen LogP contribution in [0.4, 0.5) is 0 Å². The molecule has 7 heteroatoms. The molecule has 0 aromatic rings. The molecule has 0 aromatic heterocycles. The van der Waals surface area contributed by atoms with Gasteiger partial charge in [-0.1, -0.05) is 0 Å². The molecule has 0 aliphatic carbocycles. The molecule has 0 unspecified atom stereocenters. The molecule has 0 bridgehead atoms. The first-order chi connectivity index (χ1) is 5.90. The van der Waals surface area contributed by atoms with E-state index in [-0.39, 0.29) is 0 Å². The molecule has 1 aliphatic heterocycles. The summed E-state index contributed by atoms with van der Waals surface area (Å²) in [6, 6.07) is 0. The van der Waals surface area contributed by atoms with Crippen molar-refractivity contribution in [2.24, 2.45) is 5.73 Å². The number of hydrogen-bond donors (Lipinski definition) is 6. The van der Waals surface area contributed by atoms with Gasteiger partial charge in [0.2, 0.25) is 0 Å². The molecular formula is C6H13NO6. The zero-order valence-electron chi connectivity index (χ0n) is 6.74. The Hall–Kier alpha value is -0.280. The second kappa shape index (κ2) is 3.46. The third-order valence-corrected chi connectivity index (χ3v) is 2.00. The SMILES string of the molecule is N[C@@]1(O)O[C@H](CO)[C@@H](O)[C@H](O)[C@@H]1O. The van der Waals surface area contributed by atoms with Crippen molar-refractivity contribution in [3.63, 3.8) is 0 Å². The Morgan fingerprint density at radius 3 is 2.23 bits per heavy atom. The summed E-state index contributed by atoms with van der Waals surface area (Å²) in [6.07, 6.45) is -6.16. The predicted octanol–water partition coefficient (Wildman–Crippen LogP) is -3.94. The summed E-state index contributed by atoms with van der Waals surface area (Å²) in [5.74, 6) is -2.45. The van der Waals surface area contributed by atoms with Crippen LogP contribution in [0.5, 0.6) is 0 Å². The van der Waals surface area contributed by atoms with Gasteiger partial charge in [-0.2, -0.15) is 0 Å². The zero-order chi connectivity index (χ0) is 10.2. The number of hydrogen-bond acceptors (Lipinski definition) is 7. The van der Waals surface area contributed by atoms with Gasteiger partial charge in [0.1, 0.15) is 18.3 Å². The van der Waals surface area contributed by atoms with Crippen LogP contribution >= 0.6 is 0 Å². The van der Waals surface area contributed by atoms with Crippen molar-refractivity contribution in [2.75, 3.05) is 6.61 Å². The lowest BCUT2D eigenvalue weighted by Gasteiger charge is -2.42. The molecule has 1 heterocycles. The fraction of sp³-hybridized carbons (Fsp3) is 1.00. The number of nitrogens with two attached hydrogens (primary N) is 1. The fourth-order valence-electron chi connectivity index (χ4n) is 1.18. The van der Waals surface area contributed by atoms with Gasteiger partial charge in [-0.25, -0.2) is 0 Å². The molecule has 1 aliphatic rings. The van der Waals surface area contributed by atoms with E-state index in [1.54, 1.807) is 0 Å². The highest BCUT2D eigenvalue weighted by atomic mass is 16.7. The van der Waals surface area contributed by atoms with Crippen LogP contribution in [0, 0.1) is 0 Å². The van der Waals surface area contributed by atoms with Crippen molar-refractivity contribution in [3.8, 4) is 0 Å². The van der Waals surface area contributed by atoms with Gasteiger partial charge >= 0.3 is 0 Å². The number of rotatable bonds is 1. The highest BCUT2D eigenvalue weighted by molar-refractivity contribution is 4.92. The maximum atomic E-state index is 9.18. The topological polar surface area (TPSA) is 136 Å². The van der Waals surface area contributed by atoms with Gasteiger partial charge in [-0.05, 0) is 0 Å². The Kier molecular flexibility index (Phi) is 2.88. The number of aliphatic hydroxyl groups is 5. The van der Waals surface area contributed by atoms with Crippen molar-refractivity contribution in [3.05, 3.63) is 0 Å². The van der Waals surface area contributed by atoms with Crippen LogP contribution < -0.4 is 5.73 Å². The van der Waals surface area contributed by atoms with E-state index in [1.165, 1.54) is 0 Å². The van der Waals surface area contributed by atoms with Crippen molar-refractivity contribution in [2.45, 2.75) is 30.3 Å². The quantitative estimate of drug-likeness (QED) is 0.235. The largest absolute Gasteiger partial charge is 0.394 e. The maximum Gasteiger partial charge on any atom is 0.252 e. The lowest BCUT2D eigenvalue weighted by molar-refractivity contribution is -0.346. The normalized spacial score (nSPS) is 52.2. The van der Waals surface area contributed by atoms with E-state index < -0.39 is 36.9 Å². The predicted molar refractivity (Wildman–Crippen MR) is 39.1 cm³/mol. The Morgan fingerprint density at radius 2 is 1.77 bits per heavy atom. The first-order valence-corrected chi connectivity index (χ1v) is 3.74. The van der Waals surface area contributed by atoms with Crippen molar-refractivity contribution >= 4 is 0 Å². The minimum Gasteiger partial charge on any atom is -0.394 e. The minimum atomic E-state index is -2.45. The molecule has 0 spiro atoms. The molecule has 13 heavy (non-hydrogen) atoms. The summed E-state index contributed by atoms with van der Waals surface area (Å²) in [7, 11) is 0. The van der Waals surface area contributed by atoms with Gasteiger partial charge in [-0.3, -0.25) is 5.73 Å². The smallest absolute Gasteiger partial charge is 0.252 e. The van der Waals surface area contributed by atoms with Gasteiger partial charge in [0.25, 0.3) is 5.91 Å². The average molecular weight is 195 g/mol. The summed E-state index contributed by atoms with van der Waals surface area (Å²) in [5, 5.41) is 45.2. The summed E-state index contributed by atoms with van der Waals surface area (Å²) in [4.78, 5) is 0. The van der Waals surface area contributed by atoms with Gasteiger partial charge in [0.05, 0.1) is 6.61 Å². The lowest BCUT2D eigenvalue weighted by Crippen LogP contribution is -2.69. The third-order valence-electron chi connectivity index (χ3n) is 2.00. The van der Waals surface area contributed by atoms with E-state index >= 15 is 0 Å². The number of ether oxygens (including phenoxy) is 1. The van der Waals surface area contributed by atoms with Crippen LogP contribution in [-0.2, 0) is 4.74 Å². The molecular weight excluding hydrogens is 182 g/mol. The van der Waals surface area contributed by atoms with Gasteiger partial charge < -0.3 is 30.3 Å². The summed E-state index contributed by atoms with van der Waals surface area (Å²) < 4.78 is 4.54. The molecule has 1 saturated heterocycles. The van der Waals surface area contributed by atoms with Crippen LogP contribution in [0.25, 0.3) is 0 Å². The minimum absolute atomic E-state index is 0.621. The van der Waals surface area contributed by atoms with Crippen LogP contribution in [0.15, 0.2) is 0 Å². The molecule has 0 radical (unpaired) electrons. The summed E-state index contributed by atoms with van der Waals surface area (Å²) >= 11 is 0. The van der Waals surface area contributed by atoms with Crippen LogP contribution in [0.1, 0.15) is 0 Å². The molecule has 0 aromatic carbocycles. The average Bonchev–Trinajstić information content (AvgIpc) is 2.08. The Morgan fingerprint density at radius 1 is 1.23 bits per heavy atom. The Balaban J connectivity index is 2.79. The third kappa shape index (κ3) is 1.81. The second-order valence-corrected chi connectivity index (χ2v) is 3.02. The summed E-state index contributed by atoms with van der Waals surface area (Å²) in [5.41, 5.74) is 5.04. The van der Waals surface area contributed by atoms with Gasteiger partial charge in [0.15, 0.2) is 6.10 Å².